The van der Waals surface area contributed by atoms with Crippen molar-refractivity contribution < 1.29 is 27.4 Å². The maximum Gasteiger partial charge on any atom is 0.389 e. The average Bonchev–Trinajstić information content (AvgIpc) is 2.39. The van der Waals surface area contributed by atoms with Crippen molar-refractivity contribution in [1.29, 1.82) is 0 Å². The molecule has 0 aromatic heterocycles. The van der Waals surface area contributed by atoms with Crippen LogP contribution in [0, 0.1) is 0 Å². The van der Waals surface area contributed by atoms with E-state index in [4.69, 9.17) is 9.47 Å². The number of rotatable bonds is 11. The second-order valence-corrected chi connectivity index (χ2v) is 5.14. The summed E-state index contributed by atoms with van der Waals surface area (Å²) in [5.41, 5.74) is -0.722. The van der Waals surface area contributed by atoms with Gasteiger partial charge >= 0.3 is 12.1 Å². The molecule has 0 rings (SSSR count). The minimum atomic E-state index is -4.11. The third-order valence-electron chi connectivity index (χ3n) is 3.17. The van der Waals surface area contributed by atoms with Crippen molar-refractivity contribution in [3.63, 3.8) is 0 Å². The van der Waals surface area contributed by atoms with E-state index in [1.165, 1.54) is 7.11 Å². The van der Waals surface area contributed by atoms with Crippen LogP contribution in [-0.2, 0) is 14.3 Å². The molecular weight excluding hydrogens is 287 g/mol. The van der Waals surface area contributed by atoms with E-state index in [-0.39, 0.29) is 19.0 Å². The lowest BCUT2D eigenvalue weighted by Gasteiger charge is -2.27. The first-order valence-electron chi connectivity index (χ1n) is 7.23. The highest BCUT2D eigenvalue weighted by Crippen LogP contribution is 2.21. The molecule has 0 spiro atoms. The molecule has 0 bridgehead atoms. The Hall–Kier alpha value is -0.820. The van der Waals surface area contributed by atoms with E-state index in [0.29, 0.717) is 26.0 Å². The van der Waals surface area contributed by atoms with Crippen LogP contribution >= 0.6 is 0 Å². The number of halogens is 3. The van der Waals surface area contributed by atoms with Gasteiger partial charge < -0.3 is 14.8 Å². The highest BCUT2D eigenvalue weighted by Gasteiger charge is 2.32. The van der Waals surface area contributed by atoms with Gasteiger partial charge in [-0.3, -0.25) is 4.79 Å². The van der Waals surface area contributed by atoms with Gasteiger partial charge in [-0.25, -0.2) is 0 Å². The number of methoxy groups -OCH3 is 1. The molecule has 0 aromatic carbocycles. The van der Waals surface area contributed by atoms with Gasteiger partial charge in [0.1, 0.15) is 5.54 Å². The standard InChI is InChI=1S/C14H26F3NO3/c1-4-18-13(2,12(19)20-3)8-5-6-10-21-11-7-9-14(15,16)17/h18H,4-11H2,1-3H3. The second-order valence-electron chi connectivity index (χ2n) is 5.14. The topological polar surface area (TPSA) is 47.6 Å². The summed E-state index contributed by atoms with van der Waals surface area (Å²) >= 11 is 0. The predicted molar refractivity (Wildman–Crippen MR) is 74.1 cm³/mol. The van der Waals surface area contributed by atoms with Crippen molar-refractivity contribution in [3.05, 3.63) is 0 Å². The monoisotopic (exact) mass is 313 g/mol. The lowest BCUT2D eigenvalue weighted by atomic mass is 9.95. The third kappa shape index (κ3) is 9.68. The molecule has 0 aliphatic rings. The zero-order valence-electron chi connectivity index (χ0n) is 13.0. The van der Waals surface area contributed by atoms with Crippen LogP contribution in [0.25, 0.3) is 0 Å². The molecule has 0 saturated carbocycles. The first-order valence-corrected chi connectivity index (χ1v) is 7.23. The van der Waals surface area contributed by atoms with Crippen LogP contribution in [0.4, 0.5) is 13.2 Å². The Bertz CT molecular complexity index is 298. The quantitative estimate of drug-likeness (QED) is 0.470. The smallest absolute Gasteiger partial charge is 0.389 e. The van der Waals surface area contributed by atoms with Crippen molar-refractivity contribution in [2.45, 2.75) is 57.7 Å². The zero-order valence-corrected chi connectivity index (χ0v) is 13.0. The molecule has 7 heteroatoms. The Morgan fingerprint density at radius 3 is 2.24 bits per heavy atom. The van der Waals surface area contributed by atoms with E-state index in [0.717, 1.165) is 6.42 Å². The van der Waals surface area contributed by atoms with Gasteiger partial charge in [-0.05, 0) is 39.2 Å². The lowest BCUT2D eigenvalue weighted by Crippen LogP contribution is -2.50. The van der Waals surface area contributed by atoms with Gasteiger partial charge in [0.15, 0.2) is 0 Å². The van der Waals surface area contributed by atoms with Crippen molar-refractivity contribution in [2.24, 2.45) is 0 Å². The molecule has 0 fully saturated rings. The summed E-state index contributed by atoms with van der Waals surface area (Å²) in [4.78, 5) is 11.7. The molecule has 4 nitrogen and oxygen atoms in total. The summed E-state index contributed by atoms with van der Waals surface area (Å²) in [7, 11) is 1.35. The minimum Gasteiger partial charge on any atom is -0.468 e. The normalized spacial score (nSPS) is 14.8. The molecule has 21 heavy (non-hydrogen) atoms. The van der Waals surface area contributed by atoms with Crippen LogP contribution in [0.3, 0.4) is 0 Å². The van der Waals surface area contributed by atoms with Crippen LogP contribution < -0.4 is 5.32 Å². The summed E-state index contributed by atoms with van der Waals surface area (Å²) in [6.45, 7) is 4.86. The number of alkyl halides is 3. The molecule has 0 saturated heterocycles. The van der Waals surface area contributed by atoms with E-state index in [9.17, 15) is 18.0 Å². The molecule has 1 unspecified atom stereocenters. The van der Waals surface area contributed by atoms with Gasteiger partial charge in [0.05, 0.1) is 7.11 Å². The van der Waals surface area contributed by atoms with Gasteiger partial charge in [-0.2, -0.15) is 13.2 Å². The minimum absolute atomic E-state index is 0.0131. The molecule has 0 amide bonds. The van der Waals surface area contributed by atoms with Crippen molar-refractivity contribution in [3.8, 4) is 0 Å². The SMILES string of the molecule is CCNC(C)(CCCCOCCCC(F)(F)F)C(=O)OC. The number of hydrogen-bond acceptors (Lipinski definition) is 4. The van der Waals surface area contributed by atoms with Gasteiger partial charge in [-0.15, -0.1) is 0 Å². The zero-order chi connectivity index (χ0) is 16.4. The van der Waals surface area contributed by atoms with Crippen LogP contribution in [-0.4, -0.2) is 44.6 Å². The Kier molecular flexibility index (Phi) is 9.61. The van der Waals surface area contributed by atoms with Crippen LogP contribution in [0.5, 0.6) is 0 Å². The molecule has 0 aliphatic carbocycles. The first kappa shape index (κ1) is 20.2. The van der Waals surface area contributed by atoms with Crippen molar-refractivity contribution in [2.75, 3.05) is 26.9 Å². The number of esters is 1. The van der Waals surface area contributed by atoms with E-state index < -0.39 is 18.1 Å². The van der Waals surface area contributed by atoms with Gasteiger partial charge in [0, 0.05) is 19.6 Å². The number of carbonyl (C=O) groups is 1. The number of likely N-dealkylation sites (N-methyl/N-ethyl adjacent to an activating group) is 1. The molecular formula is C14H26F3NO3. The van der Waals surface area contributed by atoms with Gasteiger partial charge in [-0.1, -0.05) is 6.92 Å². The summed E-state index contributed by atoms with van der Waals surface area (Å²) in [5.74, 6) is -0.310. The van der Waals surface area contributed by atoms with Crippen LogP contribution in [0.2, 0.25) is 0 Å². The molecule has 1 N–H and O–H groups in total. The Morgan fingerprint density at radius 2 is 1.71 bits per heavy atom. The summed E-state index contributed by atoms with van der Waals surface area (Å²) < 4.78 is 45.6. The average molecular weight is 313 g/mol. The van der Waals surface area contributed by atoms with Crippen LogP contribution in [0.1, 0.15) is 46.0 Å². The fourth-order valence-corrected chi connectivity index (χ4v) is 2.04. The highest BCUT2D eigenvalue weighted by molar-refractivity contribution is 5.80. The Balaban J connectivity index is 3.75. The Labute approximate surface area is 124 Å². The van der Waals surface area contributed by atoms with Gasteiger partial charge in [0.25, 0.3) is 0 Å². The van der Waals surface area contributed by atoms with Crippen molar-refractivity contribution in [1.82, 2.24) is 5.32 Å². The highest BCUT2D eigenvalue weighted by atomic mass is 19.4. The number of unbranched alkanes of at least 4 members (excludes halogenated alkanes) is 1. The Morgan fingerprint density at radius 1 is 1.10 bits per heavy atom. The third-order valence-corrected chi connectivity index (χ3v) is 3.17. The summed E-state index contributed by atoms with van der Waals surface area (Å²) in [5, 5.41) is 3.10. The van der Waals surface area contributed by atoms with Crippen molar-refractivity contribution >= 4 is 5.97 Å². The maximum atomic E-state index is 11.9. The number of nitrogens with one attached hydrogen (secondary N) is 1. The van der Waals surface area contributed by atoms with E-state index in [2.05, 4.69) is 5.32 Å². The van der Waals surface area contributed by atoms with E-state index in [1.807, 2.05) is 6.92 Å². The van der Waals surface area contributed by atoms with E-state index in [1.54, 1.807) is 6.92 Å². The lowest BCUT2D eigenvalue weighted by molar-refractivity contribution is -0.148. The number of carbonyl (C=O) groups excluding carboxylic acids is 1. The number of ether oxygens (including phenoxy) is 2. The molecule has 0 aliphatic heterocycles. The number of hydrogen-bond donors (Lipinski definition) is 1. The fourth-order valence-electron chi connectivity index (χ4n) is 2.04. The maximum absolute atomic E-state index is 11.9. The van der Waals surface area contributed by atoms with E-state index >= 15 is 0 Å². The largest absolute Gasteiger partial charge is 0.468 e. The summed E-state index contributed by atoms with van der Waals surface area (Å²) in [6, 6.07) is 0. The van der Waals surface area contributed by atoms with Crippen LogP contribution in [0.15, 0.2) is 0 Å². The molecule has 0 radical (unpaired) electrons. The molecule has 0 heterocycles. The fraction of sp³-hybridized carbons (Fsp3) is 0.929. The second kappa shape index (κ2) is 10.00. The predicted octanol–water partition coefficient (Wildman–Crippen LogP) is 3.06. The molecule has 1 atom stereocenters. The molecule has 126 valence electrons. The molecule has 0 aromatic rings. The van der Waals surface area contributed by atoms with Gasteiger partial charge in [0.2, 0.25) is 0 Å². The summed E-state index contributed by atoms with van der Waals surface area (Å²) in [6.07, 6.45) is -2.91. The first-order chi connectivity index (χ1) is 9.75.